The number of nitrogens with zero attached hydrogens (tertiary/aromatic N) is 6. The number of rotatable bonds is 5. The largest absolute Gasteiger partial charge is 0.444 e. The lowest BCUT2D eigenvalue weighted by atomic mass is 10.00. The number of halogens is 2. The van der Waals surface area contributed by atoms with Gasteiger partial charge in [0, 0.05) is 43.7 Å². The third kappa shape index (κ3) is 5.69. The zero-order chi connectivity index (χ0) is 33.0. The van der Waals surface area contributed by atoms with E-state index >= 15 is 4.39 Å². The van der Waals surface area contributed by atoms with Gasteiger partial charge in [-0.3, -0.25) is 9.13 Å². The molecule has 4 aromatic rings. The van der Waals surface area contributed by atoms with Crippen molar-refractivity contribution in [2.45, 2.75) is 71.4 Å². The van der Waals surface area contributed by atoms with Crippen molar-refractivity contribution in [1.82, 2.24) is 23.8 Å². The van der Waals surface area contributed by atoms with Crippen LogP contribution in [0.15, 0.2) is 56.8 Å². The second-order valence-electron chi connectivity index (χ2n) is 12.1. The van der Waals surface area contributed by atoms with Crippen LogP contribution in [0.1, 0.15) is 63.0 Å². The summed E-state index contributed by atoms with van der Waals surface area (Å²) in [7, 11) is -1.35. The van der Waals surface area contributed by atoms with Crippen molar-refractivity contribution in [3.63, 3.8) is 0 Å². The number of aromatic nitrogens is 4. The number of ether oxygens (including phenoxy) is 1. The minimum atomic E-state index is -2.78. The Bertz CT molecular complexity index is 1970. The summed E-state index contributed by atoms with van der Waals surface area (Å²) in [6, 6.07) is 6.81. The first-order valence-corrected chi connectivity index (χ1v) is 16.4. The number of carbonyl (C=O) groups is 1. The van der Waals surface area contributed by atoms with E-state index in [0.29, 0.717) is 46.9 Å². The lowest BCUT2D eigenvalue weighted by molar-refractivity contribution is 0.0159. The fraction of sp³-hybridized carbons (Fsp3) is 0.406. The Balaban J connectivity index is 1.70. The Hall–Kier alpha value is -4.26. The molecule has 2 aromatic carbocycles. The van der Waals surface area contributed by atoms with Gasteiger partial charge in [-0.2, -0.15) is 5.10 Å². The molecule has 240 valence electrons. The van der Waals surface area contributed by atoms with Crippen LogP contribution in [0.5, 0.6) is 0 Å². The Morgan fingerprint density at radius 1 is 1.11 bits per heavy atom. The zero-order valence-corrected chi connectivity index (χ0v) is 27.5. The fourth-order valence-electron chi connectivity index (χ4n) is 5.68. The van der Waals surface area contributed by atoms with E-state index in [1.165, 1.54) is 36.1 Å². The van der Waals surface area contributed by atoms with Gasteiger partial charge in [-0.05, 0) is 83.0 Å². The van der Waals surface area contributed by atoms with Crippen LogP contribution in [-0.4, -0.2) is 59.1 Å². The van der Waals surface area contributed by atoms with Crippen LogP contribution in [0.3, 0.4) is 0 Å². The van der Waals surface area contributed by atoms with Crippen molar-refractivity contribution in [3.8, 4) is 17.2 Å². The maximum atomic E-state index is 15.5. The Morgan fingerprint density at radius 2 is 1.76 bits per heavy atom. The Kier molecular flexibility index (Phi) is 8.28. The summed E-state index contributed by atoms with van der Waals surface area (Å²) in [6.07, 6.45) is 2.83. The van der Waals surface area contributed by atoms with Crippen LogP contribution < -0.4 is 5.69 Å². The van der Waals surface area contributed by atoms with Crippen LogP contribution in [0.4, 0.5) is 13.6 Å². The molecule has 1 unspecified atom stereocenters. The lowest BCUT2D eigenvalue weighted by Crippen LogP contribution is -2.42. The molecule has 0 saturated carbocycles. The molecule has 5 rings (SSSR count). The van der Waals surface area contributed by atoms with Crippen molar-refractivity contribution < 1.29 is 22.5 Å². The molecule has 3 heterocycles. The minimum Gasteiger partial charge on any atom is -0.444 e. The van der Waals surface area contributed by atoms with Gasteiger partial charge in [-0.25, -0.2) is 31.6 Å². The molecule has 1 amide bonds. The van der Waals surface area contributed by atoms with Crippen LogP contribution >= 0.6 is 0 Å². The molecule has 0 bridgehead atoms. The van der Waals surface area contributed by atoms with E-state index in [1.807, 2.05) is 6.92 Å². The molecule has 2 aromatic heterocycles. The second-order valence-corrected chi connectivity index (χ2v) is 14.8. The molecule has 0 N–H and O–H groups in total. The highest BCUT2D eigenvalue weighted by Crippen LogP contribution is 2.36. The average molecular weight is 641 g/mol. The number of amides is 1. The van der Waals surface area contributed by atoms with Crippen molar-refractivity contribution in [1.29, 1.82) is 0 Å². The molecule has 13 heteroatoms. The van der Waals surface area contributed by atoms with Gasteiger partial charge in [0.2, 0.25) is 0 Å². The van der Waals surface area contributed by atoms with Gasteiger partial charge in [0.25, 0.3) is 0 Å². The van der Waals surface area contributed by atoms with E-state index in [4.69, 9.17) is 9.84 Å². The smallest absolute Gasteiger partial charge is 0.410 e. The molecule has 45 heavy (non-hydrogen) atoms. The van der Waals surface area contributed by atoms with Crippen molar-refractivity contribution in [2.75, 3.05) is 19.3 Å². The van der Waals surface area contributed by atoms with E-state index in [2.05, 4.69) is 4.36 Å². The summed E-state index contributed by atoms with van der Waals surface area (Å²) in [5.41, 5.74) is 1.28. The van der Waals surface area contributed by atoms with Gasteiger partial charge >= 0.3 is 11.8 Å². The summed E-state index contributed by atoms with van der Waals surface area (Å²) in [4.78, 5) is 29.1. The molecule has 1 aliphatic rings. The number of fused-ring (bicyclic) bond motifs is 1. The van der Waals surface area contributed by atoms with Crippen LogP contribution in [0, 0.1) is 25.5 Å². The van der Waals surface area contributed by atoms with Gasteiger partial charge in [0.15, 0.2) is 0 Å². The zero-order valence-electron chi connectivity index (χ0n) is 26.7. The summed E-state index contributed by atoms with van der Waals surface area (Å²) < 4.78 is 56.9. The molecule has 0 saturated heterocycles. The SMILES string of the molecule is CCS(=O)(=NC)c1ccc(-n2ccn(-c3c4c(nn3-c3cc(C)c(F)c(C)c3)CCN(C(=O)OC(C)(C)C)[C@H]4C)c2=O)c(F)c1. The standard InChI is InChI=1S/C32H38F2N6O4S/c1-9-45(43,35-8)23-10-11-26(24(33)18-23)38-14-15-39(30(38)41)29-27-21(4)37(31(42)44-32(5,6)7)13-12-25(27)36-40(29)22-16-19(2)28(34)20(3)17-22/h10-11,14-18,21H,9,12-13H2,1-8H3/t21-,45?/m0/s1. The van der Waals surface area contributed by atoms with Crippen molar-refractivity contribution in [3.05, 3.63) is 87.2 Å². The molecule has 0 radical (unpaired) electrons. The number of aryl methyl sites for hydroxylation is 2. The highest BCUT2D eigenvalue weighted by molar-refractivity contribution is 7.93. The average Bonchev–Trinajstić information content (AvgIpc) is 3.55. The molecule has 0 spiro atoms. The predicted molar refractivity (Wildman–Crippen MR) is 168 cm³/mol. The summed E-state index contributed by atoms with van der Waals surface area (Å²) in [5, 5.41) is 4.86. The first-order valence-electron chi connectivity index (χ1n) is 14.7. The van der Waals surface area contributed by atoms with E-state index in [0.717, 1.165) is 10.6 Å². The number of imidazole rings is 1. The normalized spacial score (nSPS) is 16.3. The molecule has 2 atom stereocenters. The quantitative estimate of drug-likeness (QED) is 0.265. The maximum Gasteiger partial charge on any atom is 0.410 e. The summed E-state index contributed by atoms with van der Waals surface area (Å²) in [6.45, 7) is 12.6. The monoisotopic (exact) mass is 640 g/mol. The van der Waals surface area contributed by atoms with E-state index in [-0.39, 0.29) is 22.2 Å². The highest BCUT2D eigenvalue weighted by Gasteiger charge is 2.37. The Labute approximate surface area is 261 Å². The third-order valence-electron chi connectivity index (χ3n) is 7.98. The fourth-order valence-corrected chi connectivity index (χ4v) is 7.06. The van der Waals surface area contributed by atoms with Gasteiger partial charge in [-0.15, -0.1) is 0 Å². The topological polar surface area (TPSA) is 104 Å². The van der Waals surface area contributed by atoms with Gasteiger partial charge < -0.3 is 9.64 Å². The molecule has 1 aliphatic heterocycles. The first-order chi connectivity index (χ1) is 21.1. The van der Waals surface area contributed by atoms with Gasteiger partial charge in [-0.1, -0.05) is 6.92 Å². The third-order valence-corrected chi connectivity index (χ3v) is 10.3. The van der Waals surface area contributed by atoms with E-state index < -0.39 is 39.0 Å². The highest BCUT2D eigenvalue weighted by atomic mass is 32.2. The van der Waals surface area contributed by atoms with E-state index in [9.17, 15) is 18.2 Å². The summed E-state index contributed by atoms with van der Waals surface area (Å²) >= 11 is 0. The number of benzene rings is 2. The first kappa shape index (κ1) is 32.1. The second kappa shape index (κ2) is 11.6. The molecule has 10 nitrogen and oxygen atoms in total. The molecular formula is C32H38F2N6O4S. The predicted octanol–water partition coefficient (Wildman–Crippen LogP) is 6.04. The summed E-state index contributed by atoms with van der Waals surface area (Å²) in [5.74, 6) is -0.515. The van der Waals surface area contributed by atoms with Gasteiger partial charge in [0.1, 0.15) is 23.1 Å². The van der Waals surface area contributed by atoms with Crippen LogP contribution in [0.2, 0.25) is 0 Å². The minimum absolute atomic E-state index is 0.0340. The molecule has 0 fully saturated rings. The number of hydrogen-bond acceptors (Lipinski definition) is 6. The molecule has 0 aliphatic carbocycles. The Morgan fingerprint density at radius 3 is 2.33 bits per heavy atom. The number of carbonyl (C=O) groups excluding carboxylic acids is 1. The van der Waals surface area contributed by atoms with Crippen molar-refractivity contribution >= 4 is 15.8 Å². The lowest BCUT2D eigenvalue weighted by Gasteiger charge is -2.34. The molecular weight excluding hydrogens is 602 g/mol. The maximum absolute atomic E-state index is 15.5. The number of hydrogen-bond donors (Lipinski definition) is 0. The van der Waals surface area contributed by atoms with Crippen LogP contribution in [-0.2, 0) is 20.9 Å². The van der Waals surface area contributed by atoms with Gasteiger partial charge in [0.05, 0.1) is 37.7 Å². The van der Waals surface area contributed by atoms with E-state index in [1.54, 1.807) is 63.3 Å². The van der Waals surface area contributed by atoms with Crippen molar-refractivity contribution in [2.24, 2.45) is 4.36 Å². The van der Waals surface area contributed by atoms with Crippen LogP contribution in [0.25, 0.3) is 17.2 Å².